The topological polar surface area (TPSA) is 63.3 Å². The first-order valence-corrected chi connectivity index (χ1v) is 6.60. The molecule has 0 amide bonds. The van der Waals surface area contributed by atoms with Crippen LogP contribution in [0.5, 0.6) is 0 Å². The molecule has 3 nitrogen and oxygen atoms in total. The molecule has 1 atom stereocenters. The fourth-order valence-electron chi connectivity index (χ4n) is 4.09. The largest absolute Gasteiger partial charge is 0.480 e. The molecule has 0 heterocycles. The summed E-state index contributed by atoms with van der Waals surface area (Å²) < 4.78 is 0. The number of hydrogen-bond donors (Lipinski definition) is 2. The van der Waals surface area contributed by atoms with Gasteiger partial charge in [-0.05, 0) is 47.6 Å². The molecule has 3 N–H and O–H groups in total. The second-order valence-electron chi connectivity index (χ2n) is 6.00. The Morgan fingerprint density at radius 3 is 2.56 bits per heavy atom. The van der Waals surface area contributed by atoms with Crippen molar-refractivity contribution in [3.8, 4) is 0 Å². The molecule has 3 heteroatoms. The predicted octanol–water partition coefficient (Wildman–Crippen LogP) is 2.08. The van der Waals surface area contributed by atoms with Gasteiger partial charge in [-0.25, -0.2) is 0 Å². The molecule has 96 valence electrons. The summed E-state index contributed by atoms with van der Waals surface area (Å²) in [6.07, 6.45) is 3.88. The van der Waals surface area contributed by atoms with Gasteiger partial charge in [-0.2, -0.15) is 0 Å². The molecule has 1 aromatic rings. The summed E-state index contributed by atoms with van der Waals surface area (Å²) in [5, 5.41) is 9.04. The third-order valence-corrected chi connectivity index (χ3v) is 4.97. The molecule has 0 aliphatic heterocycles. The molecule has 1 aromatic carbocycles. The van der Waals surface area contributed by atoms with Crippen molar-refractivity contribution in [1.82, 2.24) is 0 Å². The van der Waals surface area contributed by atoms with E-state index < -0.39 is 12.0 Å². The first kappa shape index (κ1) is 11.7. The summed E-state index contributed by atoms with van der Waals surface area (Å²) in [5.74, 6) is -0.855. The average Bonchev–Trinajstić information content (AvgIpc) is 2.26. The zero-order chi connectivity index (χ0) is 13.0. The van der Waals surface area contributed by atoms with Crippen LogP contribution >= 0.6 is 0 Å². The Hall–Kier alpha value is -1.35. The van der Waals surface area contributed by atoms with Crippen LogP contribution in [0.25, 0.3) is 0 Å². The van der Waals surface area contributed by atoms with Gasteiger partial charge in [0.25, 0.3) is 0 Å². The second-order valence-corrected chi connectivity index (χ2v) is 6.00. The Kier molecular flexibility index (Phi) is 2.33. The van der Waals surface area contributed by atoms with Gasteiger partial charge in [-0.1, -0.05) is 31.2 Å². The van der Waals surface area contributed by atoms with Crippen LogP contribution in [-0.4, -0.2) is 17.1 Å². The fraction of sp³-hybridized carbons (Fsp3) is 0.533. The monoisotopic (exact) mass is 245 g/mol. The van der Waals surface area contributed by atoms with Crippen LogP contribution in [0.4, 0.5) is 0 Å². The lowest BCUT2D eigenvalue weighted by molar-refractivity contribution is -0.179. The highest BCUT2D eigenvalue weighted by Gasteiger charge is 2.71. The SMILES string of the molecule is CCc1ccccc1C12CC(C(N)C(=O)O)(C1)C2. The normalized spacial score (nSPS) is 34.3. The number of carboxylic acid groups (broad SMARTS) is 1. The van der Waals surface area contributed by atoms with Crippen LogP contribution in [0.15, 0.2) is 24.3 Å². The highest BCUT2D eigenvalue weighted by Crippen LogP contribution is 2.74. The highest BCUT2D eigenvalue weighted by molar-refractivity contribution is 5.76. The minimum atomic E-state index is -0.855. The van der Waals surface area contributed by atoms with E-state index in [9.17, 15) is 4.79 Å². The van der Waals surface area contributed by atoms with Crippen molar-refractivity contribution in [2.45, 2.75) is 44.1 Å². The minimum absolute atomic E-state index is 0.118. The molecular weight excluding hydrogens is 226 g/mol. The highest BCUT2D eigenvalue weighted by atomic mass is 16.4. The van der Waals surface area contributed by atoms with Gasteiger partial charge in [0.05, 0.1) is 0 Å². The molecule has 2 bridgehead atoms. The van der Waals surface area contributed by atoms with Gasteiger partial charge >= 0.3 is 5.97 Å². The predicted molar refractivity (Wildman–Crippen MR) is 69.4 cm³/mol. The molecule has 3 fully saturated rings. The van der Waals surface area contributed by atoms with E-state index in [0.717, 1.165) is 25.7 Å². The van der Waals surface area contributed by atoms with E-state index in [1.807, 2.05) is 0 Å². The van der Waals surface area contributed by atoms with Crippen molar-refractivity contribution < 1.29 is 9.90 Å². The summed E-state index contributed by atoms with van der Waals surface area (Å²) >= 11 is 0. The number of rotatable bonds is 4. The zero-order valence-corrected chi connectivity index (χ0v) is 10.6. The molecule has 18 heavy (non-hydrogen) atoms. The van der Waals surface area contributed by atoms with Crippen molar-refractivity contribution in [3.63, 3.8) is 0 Å². The van der Waals surface area contributed by atoms with E-state index >= 15 is 0 Å². The lowest BCUT2D eigenvalue weighted by Gasteiger charge is -2.72. The zero-order valence-electron chi connectivity index (χ0n) is 10.6. The van der Waals surface area contributed by atoms with Crippen molar-refractivity contribution in [2.24, 2.45) is 11.1 Å². The van der Waals surface area contributed by atoms with Crippen LogP contribution < -0.4 is 5.73 Å². The van der Waals surface area contributed by atoms with Gasteiger partial charge in [0.2, 0.25) is 0 Å². The summed E-state index contributed by atoms with van der Waals surface area (Å²) in [4.78, 5) is 11.0. The summed E-state index contributed by atoms with van der Waals surface area (Å²) in [6, 6.07) is 7.85. The number of carboxylic acids is 1. The Morgan fingerprint density at radius 1 is 1.39 bits per heavy atom. The summed E-state index contributed by atoms with van der Waals surface area (Å²) in [7, 11) is 0. The summed E-state index contributed by atoms with van der Waals surface area (Å²) in [5.41, 5.74) is 8.74. The molecule has 3 aliphatic carbocycles. The van der Waals surface area contributed by atoms with Crippen molar-refractivity contribution in [1.29, 1.82) is 0 Å². The van der Waals surface area contributed by atoms with Crippen LogP contribution in [-0.2, 0) is 16.6 Å². The average molecular weight is 245 g/mol. The third-order valence-electron chi connectivity index (χ3n) is 4.97. The maximum atomic E-state index is 11.0. The molecule has 1 unspecified atom stereocenters. The lowest BCUT2D eigenvalue weighted by atomic mass is 9.31. The smallest absolute Gasteiger partial charge is 0.321 e. The standard InChI is InChI=1S/C15H19NO2/c1-2-10-5-3-4-6-11(10)14-7-15(8-14,9-14)12(16)13(17)18/h3-6,12H,2,7-9,16H2,1H3,(H,17,18). The van der Waals surface area contributed by atoms with Gasteiger partial charge in [-0.15, -0.1) is 0 Å². The molecular formula is C15H19NO2. The van der Waals surface area contributed by atoms with Crippen molar-refractivity contribution in [2.75, 3.05) is 0 Å². The Morgan fingerprint density at radius 2 is 2.00 bits per heavy atom. The number of nitrogens with two attached hydrogens (primary N) is 1. The van der Waals surface area contributed by atoms with Gasteiger partial charge in [-0.3, -0.25) is 4.79 Å². The number of aliphatic carboxylic acids is 1. The van der Waals surface area contributed by atoms with E-state index in [4.69, 9.17) is 10.8 Å². The van der Waals surface area contributed by atoms with E-state index in [1.165, 1.54) is 11.1 Å². The molecule has 0 aromatic heterocycles. The third kappa shape index (κ3) is 1.31. The van der Waals surface area contributed by atoms with Gasteiger partial charge in [0.15, 0.2) is 0 Å². The van der Waals surface area contributed by atoms with Gasteiger partial charge < -0.3 is 10.8 Å². The van der Waals surface area contributed by atoms with Crippen molar-refractivity contribution in [3.05, 3.63) is 35.4 Å². The molecule has 0 spiro atoms. The first-order chi connectivity index (χ1) is 8.53. The van der Waals surface area contributed by atoms with E-state index in [-0.39, 0.29) is 10.8 Å². The van der Waals surface area contributed by atoms with Crippen LogP contribution in [0, 0.1) is 5.41 Å². The summed E-state index contributed by atoms with van der Waals surface area (Å²) in [6.45, 7) is 2.17. The van der Waals surface area contributed by atoms with E-state index in [1.54, 1.807) is 0 Å². The van der Waals surface area contributed by atoms with Gasteiger partial charge in [0.1, 0.15) is 6.04 Å². The van der Waals surface area contributed by atoms with Crippen LogP contribution in [0.3, 0.4) is 0 Å². The maximum absolute atomic E-state index is 11.0. The maximum Gasteiger partial charge on any atom is 0.321 e. The second kappa shape index (κ2) is 3.58. The minimum Gasteiger partial charge on any atom is -0.480 e. The number of hydrogen-bond acceptors (Lipinski definition) is 2. The van der Waals surface area contributed by atoms with E-state index in [0.29, 0.717) is 0 Å². The molecule has 0 saturated heterocycles. The fourth-order valence-corrected chi connectivity index (χ4v) is 4.09. The number of carbonyl (C=O) groups is 1. The number of benzene rings is 1. The van der Waals surface area contributed by atoms with Crippen LogP contribution in [0.2, 0.25) is 0 Å². The Balaban J connectivity index is 1.82. The van der Waals surface area contributed by atoms with Gasteiger partial charge in [0, 0.05) is 0 Å². The van der Waals surface area contributed by atoms with Crippen LogP contribution in [0.1, 0.15) is 37.3 Å². The quantitative estimate of drug-likeness (QED) is 0.853. The van der Waals surface area contributed by atoms with E-state index in [2.05, 4.69) is 31.2 Å². The molecule has 3 saturated carbocycles. The molecule has 0 radical (unpaired) electrons. The van der Waals surface area contributed by atoms with Crippen molar-refractivity contribution >= 4 is 5.97 Å². The Bertz CT molecular complexity index is 489. The first-order valence-electron chi connectivity index (χ1n) is 6.60. The Labute approximate surface area is 107 Å². The lowest BCUT2D eigenvalue weighted by Crippen LogP contribution is -2.72. The molecule has 4 rings (SSSR count). The molecule has 3 aliphatic rings. The number of aryl methyl sites for hydroxylation is 1.